The Morgan fingerprint density at radius 1 is 1.47 bits per heavy atom. The number of hydrogen-bond donors (Lipinski definition) is 0. The van der Waals surface area contributed by atoms with Crippen LogP contribution in [0.2, 0.25) is 0 Å². The van der Waals surface area contributed by atoms with Gasteiger partial charge in [-0.3, -0.25) is 0 Å². The molecule has 0 saturated heterocycles. The fraction of sp³-hybridized carbons (Fsp3) is 0.231. The quantitative estimate of drug-likeness (QED) is 0.739. The lowest BCUT2D eigenvalue weighted by Crippen LogP contribution is -2.16. The Bertz CT molecular complexity index is 420. The van der Waals surface area contributed by atoms with Crippen LogP contribution >= 0.6 is 11.8 Å². The molecule has 1 aromatic rings. The van der Waals surface area contributed by atoms with Crippen LogP contribution in [-0.2, 0) is 0 Å². The number of anilines is 1. The maximum atomic E-state index is 5.72. The molecule has 0 bridgehead atoms. The normalized spacial score (nSPS) is 16.9. The highest BCUT2D eigenvalue weighted by atomic mass is 32.2. The van der Waals surface area contributed by atoms with Crippen molar-refractivity contribution >= 4 is 17.4 Å². The molecule has 0 atom stereocenters. The van der Waals surface area contributed by atoms with Gasteiger partial charge in [-0.2, -0.15) is 0 Å². The van der Waals surface area contributed by atoms with E-state index in [1.165, 1.54) is 15.6 Å². The van der Waals surface area contributed by atoms with Crippen LogP contribution in [0.4, 0.5) is 5.69 Å². The van der Waals surface area contributed by atoms with E-state index in [-0.39, 0.29) is 0 Å². The van der Waals surface area contributed by atoms with Crippen molar-refractivity contribution in [1.29, 1.82) is 0 Å². The molecule has 0 unspecified atom stereocenters. The second-order valence-electron chi connectivity index (χ2n) is 3.54. The summed E-state index contributed by atoms with van der Waals surface area (Å²) in [6.45, 7) is 10.8. The number of hydrogen-bond acceptors (Lipinski definition) is 2. The number of allylic oxidation sites excluding steroid dienone is 2. The van der Waals surface area contributed by atoms with Gasteiger partial charge in [-0.1, -0.05) is 30.5 Å². The van der Waals surface area contributed by atoms with Crippen molar-refractivity contribution in [3.8, 4) is 0 Å². The SMILES string of the molecule is [CH]=C(C)/C=C1/Sc2ccccc2N1CC. The zero-order valence-corrected chi connectivity index (χ0v) is 9.84. The average molecular weight is 216 g/mol. The van der Waals surface area contributed by atoms with Gasteiger partial charge in [0, 0.05) is 11.4 Å². The molecule has 77 valence electrons. The third-order valence-corrected chi connectivity index (χ3v) is 3.42. The smallest absolute Gasteiger partial charge is 0.0804 e. The van der Waals surface area contributed by atoms with Crippen LogP contribution in [0.1, 0.15) is 13.8 Å². The van der Waals surface area contributed by atoms with E-state index >= 15 is 0 Å². The molecule has 1 radical (unpaired) electrons. The molecular formula is C13H14NS. The van der Waals surface area contributed by atoms with Crippen LogP contribution in [0.25, 0.3) is 0 Å². The topological polar surface area (TPSA) is 3.24 Å². The van der Waals surface area contributed by atoms with Gasteiger partial charge in [0.05, 0.1) is 10.7 Å². The Morgan fingerprint density at radius 3 is 2.87 bits per heavy atom. The van der Waals surface area contributed by atoms with E-state index in [1.54, 1.807) is 11.8 Å². The summed E-state index contributed by atoms with van der Waals surface area (Å²) in [5.74, 6) is 0. The van der Waals surface area contributed by atoms with E-state index in [0.717, 1.165) is 12.1 Å². The van der Waals surface area contributed by atoms with Crippen molar-refractivity contribution in [3.63, 3.8) is 0 Å². The minimum absolute atomic E-state index is 0.851. The Morgan fingerprint density at radius 2 is 2.20 bits per heavy atom. The lowest BCUT2D eigenvalue weighted by atomic mass is 10.3. The van der Waals surface area contributed by atoms with Gasteiger partial charge in [0.15, 0.2) is 0 Å². The molecule has 1 nitrogen and oxygen atoms in total. The molecule has 1 aromatic carbocycles. The molecule has 2 rings (SSSR count). The van der Waals surface area contributed by atoms with Crippen molar-refractivity contribution in [3.05, 3.63) is 47.5 Å². The van der Waals surface area contributed by atoms with Gasteiger partial charge < -0.3 is 4.90 Å². The maximum absolute atomic E-state index is 5.72. The molecule has 1 aliphatic heterocycles. The predicted octanol–water partition coefficient (Wildman–Crippen LogP) is 3.84. The van der Waals surface area contributed by atoms with Gasteiger partial charge >= 0.3 is 0 Å². The zero-order valence-electron chi connectivity index (χ0n) is 9.03. The minimum atomic E-state index is 0.851. The van der Waals surface area contributed by atoms with Crippen molar-refractivity contribution in [2.24, 2.45) is 0 Å². The lowest BCUT2D eigenvalue weighted by molar-refractivity contribution is 1.00. The van der Waals surface area contributed by atoms with Crippen molar-refractivity contribution in [2.45, 2.75) is 18.7 Å². The third-order valence-electron chi connectivity index (χ3n) is 2.30. The van der Waals surface area contributed by atoms with Crippen LogP contribution in [0.15, 0.2) is 45.8 Å². The van der Waals surface area contributed by atoms with Crippen LogP contribution in [0, 0.1) is 6.58 Å². The standard InChI is InChI=1S/C13H14NS/c1-4-14-11-7-5-6-8-12(11)15-13(14)9-10(2)3/h2,5-9H,4H2,1,3H3/b10-2?,13-9+. The summed E-state index contributed by atoms with van der Waals surface area (Å²) in [5, 5.41) is 1.22. The van der Waals surface area contributed by atoms with Gasteiger partial charge in [-0.25, -0.2) is 0 Å². The van der Waals surface area contributed by atoms with Crippen LogP contribution in [-0.4, -0.2) is 6.54 Å². The summed E-state index contributed by atoms with van der Waals surface area (Å²) in [6, 6.07) is 8.44. The summed E-state index contributed by atoms with van der Waals surface area (Å²) in [6.07, 6.45) is 2.04. The number of fused-ring (bicyclic) bond motifs is 1. The molecule has 0 amide bonds. The second kappa shape index (κ2) is 4.15. The van der Waals surface area contributed by atoms with Crippen LogP contribution in [0.3, 0.4) is 0 Å². The highest BCUT2D eigenvalue weighted by molar-refractivity contribution is 8.03. The van der Waals surface area contributed by atoms with Crippen molar-refractivity contribution in [1.82, 2.24) is 0 Å². The molecule has 2 heteroatoms. The fourth-order valence-corrected chi connectivity index (χ4v) is 2.92. The summed E-state index contributed by atoms with van der Waals surface area (Å²) < 4.78 is 0. The Kier molecular flexibility index (Phi) is 2.87. The van der Waals surface area contributed by atoms with Crippen molar-refractivity contribution in [2.75, 3.05) is 11.4 Å². The molecule has 0 saturated carbocycles. The lowest BCUT2D eigenvalue weighted by Gasteiger charge is -2.17. The highest BCUT2D eigenvalue weighted by Gasteiger charge is 2.22. The first kappa shape index (κ1) is 10.4. The number of nitrogens with zero attached hydrogens (tertiary/aromatic N) is 1. The molecule has 0 fully saturated rings. The molecule has 0 spiro atoms. The van der Waals surface area contributed by atoms with Crippen LogP contribution < -0.4 is 4.90 Å². The van der Waals surface area contributed by atoms with Gasteiger partial charge in [0.25, 0.3) is 0 Å². The van der Waals surface area contributed by atoms with Gasteiger partial charge in [0.1, 0.15) is 0 Å². The van der Waals surface area contributed by atoms with E-state index < -0.39 is 0 Å². The maximum Gasteiger partial charge on any atom is 0.0804 e. The van der Waals surface area contributed by atoms with Crippen LogP contribution in [0.5, 0.6) is 0 Å². The monoisotopic (exact) mass is 216 g/mol. The highest BCUT2D eigenvalue weighted by Crippen LogP contribution is 2.45. The van der Waals surface area contributed by atoms with Gasteiger partial charge in [0.2, 0.25) is 0 Å². The predicted molar refractivity (Wildman–Crippen MR) is 66.9 cm³/mol. The molecule has 0 aliphatic carbocycles. The first-order chi connectivity index (χ1) is 7.22. The molecule has 1 heterocycles. The number of para-hydroxylation sites is 1. The average Bonchev–Trinajstić information content (AvgIpc) is 2.53. The van der Waals surface area contributed by atoms with E-state index in [9.17, 15) is 0 Å². The molecule has 15 heavy (non-hydrogen) atoms. The third kappa shape index (κ3) is 1.95. The molecule has 0 aromatic heterocycles. The summed E-state index contributed by atoms with van der Waals surface area (Å²) >= 11 is 1.78. The van der Waals surface area contributed by atoms with E-state index in [1.807, 2.05) is 13.0 Å². The summed E-state index contributed by atoms with van der Waals surface area (Å²) in [4.78, 5) is 3.60. The summed E-state index contributed by atoms with van der Waals surface area (Å²) in [5.41, 5.74) is 2.14. The largest absolute Gasteiger partial charge is 0.335 e. The first-order valence-corrected chi connectivity index (χ1v) is 5.89. The first-order valence-electron chi connectivity index (χ1n) is 5.07. The number of rotatable bonds is 2. The molecule has 0 N–H and O–H groups in total. The van der Waals surface area contributed by atoms with Crippen molar-refractivity contribution < 1.29 is 0 Å². The second-order valence-corrected chi connectivity index (χ2v) is 4.60. The van der Waals surface area contributed by atoms with Gasteiger partial charge in [-0.15, -0.1) is 0 Å². The number of thioether (sulfide) groups is 1. The Hall–Kier alpha value is -1.15. The zero-order chi connectivity index (χ0) is 10.8. The molecular weight excluding hydrogens is 202 g/mol. The van der Waals surface area contributed by atoms with E-state index in [4.69, 9.17) is 6.58 Å². The minimum Gasteiger partial charge on any atom is -0.335 e. The van der Waals surface area contributed by atoms with E-state index in [0.29, 0.717) is 0 Å². The van der Waals surface area contributed by atoms with E-state index in [2.05, 4.69) is 36.1 Å². The fourth-order valence-electron chi connectivity index (χ4n) is 1.68. The Labute approximate surface area is 95.5 Å². The number of benzene rings is 1. The van der Waals surface area contributed by atoms with Gasteiger partial charge in [-0.05, 0) is 37.6 Å². The molecule has 1 aliphatic rings. The Balaban J connectivity index is 2.41. The summed E-state index contributed by atoms with van der Waals surface area (Å²) in [7, 11) is 0.